The lowest BCUT2D eigenvalue weighted by molar-refractivity contribution is -0.126. The van der Waals surface area contributed by atoms with Crippen LogP contribution in [0.4, 0.5) is 4.39 Å². The van der Waals surface area contributed by atoms with Crippen LogP contribution < -0.4 is 5.32 Å². The topological polar surface area (TPSA) is 105 Å². The van der Waals surface area contributed by atoms with Crippen LogP contribution >= 0.6 is 0 Å². The highest BCUT2D eigenvalue weighted by Crippen LogP contribution is 2.29. The number of amides is 2. The van der Waals surface area contributed by atoms with Gasteiger partial charge in [-0.05, 0) is 44.4 Å². The van der Waals surface area contributed by atoms with E-state index in [1.807, 2.05) is 18.4 Å². The second-order valence-corrected chi connectivity index (χ2v) is 9.24. The minimum Gasteiger partial charge on any atom is -0.365 e. The molecule has 0 aliphatic carbocycles. The van der Waals surface area contributed by atoms with Gasteiger partial charge in [0, 0.05) is 36.8 Å². The first-order valence-electron chi connectivity index (χ1n) is 11.9. The Balaban J connectivity index is 1.16. The Morgan fingerprint density at radius 3 is 2.63 bits per heavy atom. The lowest BCUT2D eigenvalue weighted by Gasteiger charge is -2.31. The number of hydrogen-bond acceptors (Lipinski definition) is 5. The summed E-state index contributed by atoms with van der Waals surface area (Å²) < 4.78 is 21.1. The van der Waals surface area contributed by atoms with Crippen LogP contribution in [0.1, 0.15) is 57.6 Å². The maximum Gasteiger partial charge on any atom is 0.274 e. The van der Waals surface area contributed by atoms with Gasteiger partial charge in [-0.25, -0.2) is 9.37 Å². The van der Waals surface area contributed by atoms with Crippen molar-refractivity contribution < 1.29 is 18.7 Å². The summed E-state index contributed by atoms with van der Waals surface area (Å²) in [5.41, 5.74) is 4.89. The number of aromatic nitrogens is 4. The number of piperidine rings is 1. The third kappa shape index (κ3) is 4.70. The Morgan fingerprint density at radius 2 is 1.94 bits per heavy atom. The van der Waals surface area contributed by atoms with Crippen LogP contribution in [-0.4, -0.2) is 49.6 Å². The molecule has 1 saturated heterocycles. The number of imidazole rings is 1. The molecule has 9 nitrogen and oxygen atoms in total. The number of halogens is 1. The van der Waals surface area contributed by atoms with Gasteiger partial charge in [0.05, 0.1) is 30.9 Å². The van der Waals surface area contributed by atoms with Gasteiger partial charge in [0.15, 0.2) is 5.69 Å². The quantitative estimate of drug-likeness (QED) is 0.584. The number of ether oxygens (including phenoxy) is 1. The van der Waals surface area contributed by atoms with Crippen LogP contribution in [0.3, 0.4) is 0 Å². The van der Waals surface area contributed by atoms with Crippen LogP contribution in [-0.2, 0) is 29.2 Å². The van der Waals surface area contributed by atoms with Gasteiger partial charge in [-0.15, -0.1) is 0 Å². The summed E-state index contributed by atoms with van der Waals surface area (Å²) in [6.07, 6.45) is 2.67. The average molecular weight is 481 g/mol. The zero-order chi connectivity index (χ0) is 24.5. The van der Waals surface area contributed by atoms with Crippen LogP contribution in [0.5, 0.6) is 0 Å². The smallest absolute Gasteiger partial charge is 0.274 e. The number of carbonyl (C=O) groups excluding carboxylic acids is 2. The van der Waals surface area contributed by atoms with E-state index in [0.717, 1.165) is 28.2 Å². The normalized spacial score (nSPS) is 18.4. The Morgan fingerprint density at radius 1 is 1.20 bits per heavy atom. The van der Waals surface area contributed by atoms with Gasteiger partial charge in [-0.2, -0.15) is 5.10 Å². The number of aryl methyl sites for hydroxylation is 2. The Kier molecular flexibility index (Phi) is 6.38. The number of likely N-dealkylation sites (tertiary alicyclic amines) is 1. The molecule has 2 amide bonds. The zero-order valence-corrected chi connectivity index (χ0v) is 19.9. The number of H-pyrrole nitrogens is 1. The van der Waals surface area contributed by atoms with Crippen LogP contribution in [0, 0.1) is 25.6 Å². The summed E-state index contributed by atoms with van der Waals surface area (Å²) >= 11 is 0. The van der Waals surface area contributed by atoms with Gasteiger partial charge in [-0.3, -0.25) is 14.7 Å². The average Bonchev–Trinajstić information content (AvgIpc) is 3.44. The molecule has 0 spiro atoms. The fourth-order valence-electron chi connectivity index (χ4n) is 4.83. The Bertz CT molecular complexity index is 1210. The van der Waals surface area contributed by atoms with Gasteiger partial charge in [0.2, 0.25) is 5.91 Å². The van der Waals surface area contributed by atoms with E-state index < -0.39 is 0 Å². The van der Waals surface area contributed by atoms with Crippen molar-refractivity contribution in [2.75, 3.05) is 13.1 Å². The Labute approximate surface area is 202 Å². The maximum atomic E-state index is 13.2. The molecule has 0 radical (unpaired) electrons. The maximum absolute atomic E-state index is 13.2. The third-order valence-electron chi connectivity index (χ3n) is 7.05. The number of aromatic amines is 1. The summed E-state index contributed by atoms with van der Waals surface area (Å²) in [5, 5.41) is 10.1. The van der Waals surface area contributed by atoms with Crippen LogP contribution in [0.15, 0.2) is 30.6 Å². The molecule has 3 aromatic rings. The number of nitrogens with one attached hydrogen (secondary N) is 2. The number of fused-ring (bicyclic) bond motifs is 1. The van der Waals surface area contributed by atoms with E-state index >= 15 is 0 Å². The van der Waals surface area contributed by atoms with Crippen molar-refractivity contribution in [3.05, 3.63) is 70.3 Å². The minimum atomic E-state index is -0.287. The molecule has 1 fully saturated rings. The molecule has 184 valence electrons. The second kappa shape index (κ2) is 9.61. The molecule has 1 aromatic carbocycles. The first kappa shape index (κ1) is 23.2. The van der Waals surface area contributed by atoms with Gasteiger partial charge in [0.1, 0.15) is 11.9 Å². The van der Waals surface area contributed by atoms with Crippen molar-refractivity contribution in [3.8, 4) is 0 Å². The molecule has 35 heavy (non-hydrogen) atoms. The monoisotopic (exact) mass is 480 g/mol. The van der Waals surface area contributed by atoms with Crippen molar-refractivity contribution in [3.63, 3.8) is 0 Å². The minimum absolute atomic E-state index is 0.0108. The molecule has 1 unspecified atom stereocenters. The van der Waals surface area contributed by atoms with Crippen molar-refractivity contribution in [1.29, 1.82) is 0 Å². The highest BCUT2D eigenvalue weighted by atomic mass is 19.1. The fourth-order valence-corrected chi connectivity index (χ4v) is 4.83. The van der Waals surface area contributed by atoms with Crippen molar-refractivity contribution in [2.45, 2.75) is 52.5 Å². The number of carbonyl (C=O) groups is 2. The molecule has 0 bridgehead atoms. The lowest BCUT2D eigenvalue weighted by Crippen LogP contribution is -2.43. The van der Waals surface area contributed by atoms with Crippen LogP contribution in [0.2, 0.25) is 0 Å². The summed E-state index contributed by atoms with van der Waals surface area (Å²) in [4.78, 5) is 32.0. The standard InChI is InChI=1S/C25H29FN6O3/c1-15-20(16(2)30-29-15)11-27-24(33)18-7-9-31(10-8-18)25(34)23-21-13-35-22(12-32(21)14-28-23)17-3-5-19(26)6-4-17/h3-6,14,18,22H,7-13H2,1-2H3,(H,27,33)(H,29,30). The predicted octanol–water partition coefficient (Wildman–Crippen LogP) is 2.80. The summed E-state index contributed by atoms with van der Waals surface area (Å²) in [5.74, 6) is -0.532. The molecule has 2 aliphatic rings. The van der Waals surface area contributed by atoms with Gasteiger partial charge in [-0.1, -0.05) is 12.1 Å². The van der Waals surface area contributed by atoms with E-state index in [1.165, 1.54) is 12.1 Å². The molecular weight excluding hydrogens is 451 g/mol. The molecule has 4 heterocycles. The highest BCUT2D eigenvalue weighted by Gasteiger charge is 2.32. The second-order valence-electron chi connectivity index (χ2n) is 9.24. The lowest BCUT2D eigenvalue weighted by atomic mass is 9.95. The van der Waals surface area contributed by atoms with E-state index in [2.05, 4.69) is 20.5 Å². The summed E-state index contributed by atoms with van der Waals surface area (Å²) in [6, 6.07) is 6.26. The summed E-state index contributed by atoms with van der Waals surface area (Å²) in [7, 11) is 0. The molecule has 10 heteroatoms. The fraction of sp³-hybridized carbons (Fsp3) is 0.440. The van der Waals surface area contributed by atoms with Gasteiger partial charge >= 0.3 is 0 Å². The van der Waals surface area contributed by atoms with Gasteiger partial charge in [0.25, 0.3) is 5.91 Å². The van der Waals surface area contributed by atoms with E-state index in [-0.39, 0.29) is 36.3 Å². The summed E-state index contributed by atoms with van der Waals surface area (Å²) in [6.45, 7) is 6.09. The molecule has 2 N–H and O–H groups in total. The predicted molar refractivity (Wildman–Crippen MR) is 125 cm³/mol. The molecular formula is C25H29FN6O3. The number of nitrogens with zero attached hydrogens (tertiary/aromatic N) is 4. The number of hydrogen-bond donors (Lipinski definition) is 2. The van der Waals surface area contributed by atoms with E-state index in [4.69, 9.17) is 4.74 Å². The molecule has 2 aromatic heterocycles. The molecule has 0 saturated carbocycles. The van der Waals surface area contributed by atoms with E-state index in [1.54, 1.807) is 23.4 Å². The number of benzene rings is 1. The third-order valence-corrected chi connectivity index (χ3v) is 7.05. The van der Waals surface area contributed by atoms with Crippen LogP contribution in [0.25, 0.3) is 0 Å². The Hall–Kier alpha value is -3.53. The first-order chi connectivity index (χ1) is 16.9. The molecule has 2 aliphatic heterocycles. The molecule has 1 atom stereocenters. The zero-order valence-electron chi connectivity index (χ0n) is 19.9. The first-order valence-corrected chi connectivity index (χ1v) is 11.9. The highest BCUT2D eigenvalue weighted by molar-refractivity contribution is 5.93. The van der Waals surface area contributed by atoms with Crippen molar-refractivity contribution >= 4 is 11.8 Å². The number of rotatable bonds is 5. The molecule has 5 rings (SSSR count). The van der Waals surface area contributed by atoms with E-state index in [9.17, 15) is 14.0 Å². The van der Waals surface area contributed by atoms with E-state index in [0.29, 0.717) is 44.7 Å². The van der Waals surface area contributed by atoms with Gasteiger partial charge < -0.3 is 19.5 Å². The van der Waals surface area contributed by atoms with Crippen molar-refractivity contribution in [1.82, 2.24) is 30.0 Å². The van der Waals surface area contributed by atoms with Crippen molar-refractivity contribution in [2.24, 2.45) is 5.92 Å². The largest absolute Gasteiger partial charge is 0.365 e. The SMILES string of the molecule is Cc1n[nH]c(C)c1CNC(=O)C1CCN(C(=O)c2ncn3c2COC(c2ccc(F)cc2)C3)CC1.